The summed E-state index contributed by atoms with van der Waals surface area (Å²) in [7, 11) is 0. The minimum Gasteiger partial charge on any atom is -0.480 e. The standard InChI is InChI=1S/C23H33N5O5/c1-5-12(2)19(24)22(31)28-18(10-15-11-25-17-9-7-6-8-16(15)17)21(30)26-13(3)20(29)27-14(4)23(32)33/h6-9,11-14,18-19,25H,5,10,24H2,1-4H3,(H,26,30)(H,27,29)(H,28,31)(H,32,33). The molecule has 0 aliphatic heterocycles. The summed E-state index contributed by atoms with van der Waals surface area (Å²) in [4.78, 5) is 52.2. The molecule has 0 saturated heterocycles. The Hall–Kier alpha value is -3.40. The lowest BCUT2D eigenvalue weighted by atomic mass is 9.98. The van der Waals surface area contributed by atoms with Crippen LogP contribution in [0.5, 0.6) is 0 Å². The second-order valence-electron chi connectivity index (χ2n) is 8.33. The van der Waals surface area contributed by atoms with Gasteiger partial charge in [-0.15, -0.1) is 0 Å². The normalized spacial score (nSPS) is 15.7. The molecule has 33 heavy (non-hydrogen) atoms. The van der Waals surface area contributed by atoms with Gasteiger partial charge in [0.2, 0.25) is 17.7 Å². The number of aromatic nitrogens is 1. The van der Waals surface area contributed by atoms with E-state index in [9.17, 15) is 19.2 Å². The Morgan fingerprint density at radius 2 is 1.61 bits per heavy atom. The van der Waals surface area contributed by atoms with Gasteiger partial charge in [0, 0.05) is 23.5 Å². The van der Waals surface area contributed by atoms with Gasteiger partial charge in [-0.3, -0.25) is 19.2 Å². The maximum Gasteiger partial charge on any atom is 0.325 e. The number of fused-ring (bicyclic) bond motifs is 1. The van der Waals surface area contributed by atoms with E-state index in [0.717, 1.165) is 16.5 Å². The second-order valence-corrected chi connectivity index (χ2v) is 8.33. The number of benzene rings is 1. The molecule has 1 heterocycles. The molecule has 0 spiro atoms. The number of carbonyl (C=O) groups is 4. The summed E-state index contributed by atoms with van der Waals surface area (Å²) in [5, 5.41) is 17.5. The van der Waals surface area contributed by atoms with E-state index in [1.165, 1.54) is 13.8 Å². The first-order valence-corrected chi connectivity index (χ1v) is 11.0. The fourth-order valence-electron chi connectivity index (χ4n) is 3.29. The number of para-hydroxylation sites is 1. The van der Waals surface area contributed by atoms with Crippen molar-refractivity contribution in [2.75, 3.05) is 0 Å². The summed E-state index contributed by atoms with van der Waals surface area (Å²) in [6.07, 6.45) is 2.65. The summed E-state index contributed by atoms with van der Waals surface area (Å²) in [6.45, 7) is 6.55. The molecule has 5 atom stereocenters. The number of aromatic amines is 1. The smallest absolute Gasteiger partial charge is 0.325 e. The molecule has 0 fully saturated rings. The van der Waals surface area contributed by atoms with Crippen LogP contribution < -0.4 is 21.7 Å². The third kappa shape index (κ3) is 6.79. The Balaban J connectivity index is 2.20. The van der Waals surface area contributed by atoms with Crippen LogP contribution in [0.1, 0.15) is 39.7 Å². The molecule has 10 nitrogen and oxygen atoms in total. The zero-order valence-electron chi connectivity index (χ0n) is 19.3. The average Bonchev–Trinajstić information content (AvgIpc) is 3.19. The van der Waals surface area contributed by atoms with Crippen LogP contribution in [-0.2, 0) is 25.6 Å². The fraction of sp³-hybridized carbons (Fsp3) is 0.478. The Morgan fingerprint density at radius 1 is 0.970 bits per heavy atom. The van der Waals surface area contributed by atoms with Crippen molar-refractivity contribution < 1.29 is 24.3 Å². The molecule has 2 aromatic rings. The number of amides is 3. The Morgan fingerprint density at radius 3 is 2.24 bits per heavy atom. The number of carbonyl (C=O) groups excluding carboxylic acids is 3. The monoisotopic (exact) mass is 459 g/mol. The van der Waals surface area contributed by atoms with Gasteiger partial charge in [-0.2, -0.15) is 0 Å². The zero-order chi connectivity index (χ0) is 24.7. The van der Waals surface area contributed by atoms with Crippen molar-refractivity contribution in [2.45, 2.75) is 64.7 Å². The van der Waals surface area contributed by atoms with Gasteiger partial charge in [0.15, 0.2) is 0 Å². The van der Waals surface area contributed by atoms with Crippen LogP contribution >= 0.6 is 0 Å². The molecular formula is C23H33N5O5. The highest BCUT2D eigenvalue weighted by atomic mass is 16.4. The molecule has 3 amide bonds. The number of hydrogen-bond donors (Lipinski definition) is 6. The predicted molar refractivity (Wildman–Crippen MR) is 124 cm³/mol. The van der Waals surface area contributed by atoms with Gasteiger partial charge < -0.3 is 31.8 Å². The number of H-pyrrole nitrogens is 1. The molecule has 1 aromatic carbocycles. The van der Waals surface area contributed by atoms with Crippen LogP contribution in [0.4, 0.5) is 0 Å². The van der Waals surface area contributed by atoms with Gasteiger partial charge >= 0.3 is 5.97 Å². The number of nitrogens with two attached hydrogens (primary N) is 1. The molecule has 0 aliphatic rings. The number of aliphatic carboxylic acids is 1. The first-order chi connectivity index (χ1) is 15.5. The molecule has 0 bridgehead atoms. The Labute approximate surface area is 192 Å². The van der Waals surface area contributed by atoms with Crippen LogP contribution in [0.3, 0.4) is 0 Å². The molecule has 2 rings (SSSR count). The molecule has 5 unspecified atom stereocenters. The molecule has 7 N–H and O–H groups in total. The second kappa shape index (κ2) is 11.5. The Bertz CT molecular complexity index is 1000. The van der Waals surface area contributed by atoms with Crippen LogP contribution in [-0.4, -0.2) is 57.9 Å². The molecule has 180 valence electrons. The van der Waals surface area contributed by atoms with Gasteiger partial charge in [-0.05, 0) is 31.4 Å². The molecule has 0 saturated carbocycles. The van der Waals surface area contributed by atoms with E-state index >= 15 is 0 Å². The van der Waals surface area contributed by atoms with E-state index in [1.807, 2.05) is 38.1 Å². The van der Waals surface area contributed by atoms with E-state index < -0.39 is 47.9 Å². The lowest BCUT2D eigenvalue weighted by molar-refractivity contribution is -0.141. The van der Waals surface area contributed by atoms with Crippen LogP contribution in [0.25, 0.3) is 10.9 Å². The van der Waals surface area contributed by atoms with Crippen LogP contribution in [0, 0.1) is 5.92 Å². The van der Waals surface area contributed by atoms with Gasteiger partial charge in [0.1, 0.15) is 18.1 Å². The van der Waals surface area contributed by atoms with E-state index in [-0.39, 0.29) is 12.3 Å². The van der Waals surface area contributed by atoms with Gasteiger partial charge in [-0.25, -0.2) is 0 Å². The van der Waals surface area contributed by atoms with Gasteiger partial charge in [0.05, 0.1) is 6.04 Å². The van der Waals surface area contributed by atoms with E-state index in [2.05, 4.69) is 20.9 Å². The van der Waals surface area contributed by atoms with Gasteiger partial charge in [-0.1, -0.05) is 38.5 Å². The summed E-state index contributed by atoms with van der Waals surface area (Å²) >= 11 is 0. The lowest BCUT2D eigenvalue weighted by Crippen LogP contribution is -2.57. The highest BCUT2D eigenvalue weighted by Crippen LogP contribution is 2.19. The highest BCUT2D eigenvalue weighted by Gasteiger charge is 2.29. The van der Waals surface area contributed by atoms with Crippen molar-refractivity contribution in [2.24, 2.45) is 11.7 Å². The van der Waals surface area contributed by atoms with Crippen molar-refractivity contribution in [3.8, 4) is 0 Å². The summed E-state index contributed by atoms with van der Waals surface area (Å²) < 4.78 is 0. The maximum atomic E-state index is 13.1. The number of hydrogen-bond acceptors (Lipinski definition) is 5. The number of carboxylic acids is 1. The van der Waals surface area contributed by atoms with Crippen molar-refractivity contribution in [3.63, 3.8) is 0 Å². The number of nitrogens with one attached hydrogen (secondary N) is 4. The van der Waals surface area contributed by atoms with Crippen molar-refractivity contribution in [1.82, 2.24) is 20.9 Å². The van der Waals surface area contributed by atoms with E-state index in [4.69, 9.17) is 10.8 Å². The summed E-state index contributed by atoms with van der Waals surface area (Å²) in [5.74, 6) is -2.95. The predicted octanol–water partition coefficient (Wildman–Crippen LogP) is 0.663. The zero-order valence-corrected chi connectivity index (χ0v) is 19.3. The van der Waals surface area contributed by atoms with E-state index in [1.54, 1.807) is 6.20 Å². The average molecular weight is 460 g/mol. The van der Waals surface area contributed by atoms with Crippen molar-refractivity contribution >= 4 is 34.6 Å². The molecule has 10 heteroatoms. The van der Waals surface area contributed by atoms with Gasteiger partial charge in [0.25, 0.3) is 0 Å². The lowest BCUT2D eigenvalue weighted by Gasteiger charge is -2.24. The topological polar surface area (TPSA) is 166 Å². The Kier molecular flexibility index (Phi) is 8.98. The number of rotatable bonds is 11. The molecule has 1 aromatic heterocycles. The first kappa shape index (κ1) is 25.9. The highest BCUT2D eigenvalue weighted by molar-refractivity contribution is 5.94. The third-order valence-electron chi connectivity index (χ3n) is 5.77. The maximum absolute atomic E-state index is 13.1. The quantitative estimate of drug-likeness (QED) is 0.289. The van der Waals surface area contributed by atoms with Crippen LogP contribution in [0.2, 0.25) is 0 Å². The summed E-state index contributed by atoms with van der Waals surface area (Å²) in [5.41, 5.74) is 7.76. The fourth-order valence-corrected chi connectivity index (χ4v) is 3.29. The molecule has 0 aliphatic carbocycles. The SMILES string of the molecule is CCC(C)C(N)C(=O)NC(Cc1c[nH]c2ccccc12)C(=O)NC(C)C(=O)NC(C)C(=O)O. The van der Waals surface area contributed by atoms with Crippen LogP contribution in [0.15, 0.2) is 30.5 Å². The summed E-state index contributed by atoms with van der Waals surface area (Å²) in [6, 6.07) is 3.69. The molecular weight excluding hydrogens is 426 g/mol. The van der Waals surface area contributed by atoms with Crippen molar-refractivity contribution in [3.05, 3.63) is 36.0 Å². The first-order valence-electron chi connectivity index (χ1n) is 11.0. The number of carboxylic acid groups (broad SMARTS) is 1. The minimum absolute atomic E-state index is 0.0796. The van der Waals surface area contributed by atoms with Crippen molar-refractivity contribution in [1.29, 1.82) is 0 Å². The largest absolute Gasteiger partial charge is 0.480 e. The third-order valence-corrected chi connectivity index (χ3v) is 5.77. The molecule has 0 radical (unpaired) electrons. The minimum atomic E-state index is -1.19. The van der Waals surface area contributed by atoms with E-state index in [0.29, 0.717) is 6.42 Å².